The number of benzene rings is 1. The summed E-state index contributed by atoms with van der Waals surface area (Å²) in [5.74, 6) is -0.313. The van der Waals surface area contributed by atoms with Crippen molar-refractivity contribution >= 4 is 44.9 Å². The maximum atomic E-state index is 12.6. The van der Waals surface area contributed by atoms with Crippen LogP contribution in [0, 0.1) is 6.92 Å². The average molecular weight is 356 g/mol. The van der Waals surface area contributed by atoms with E-state index in [0.29, 0.717) is 21.4 Å². The van der Waals surface area contributed by atoms with Gasteiger partial charge in [0.05, 0.1) is 5.69 Å². The molecule has 0 atom stereocenters. The Kier molecular flexibility index (Phi) is 4.59. The van der Waals surface area contributed by atoms with Crippen molar-refractivity contribution in [2.45, 2.75) is 33.7 Å². The van der Waals surface area contributed by atoms with Crippen molar-refractivity contribution in [1.82, 2.24) is 9.97 Å². The SMILES string of the molecule is CC(=O)N(c1nc(C)c(C(=O)Nc2ccc3cc[nH]c3c2)s1)C(C)C. The molecular weight excluding hydrogens is 336 g/mol. The fraction of sp³-hybridized carbons (Fsp3) is 0.278. The van der Waals surface area contributed by atoms with Gasteiger partial charge in [-0.2, -0.15) is 0 Å². The monoisotopic (exact) mass is 356 g/mol. The molecule has 0 spiro atoms. The molecule has 0 radical (unpaired) electrons. The van der Waals surface area contributed by atoms with Crippen LogP contribution in [0.1, 0.15) is 36.1 Å². The fourth-order valence-electron chi connectivity index (χ4n) is 2.73. The maximum absolute atomic E-state index is 12.6. The summed E-state index contributed by atoms with van der Waals surface area (Å²) in [5, 5.41) is 4.53. The first-order valence-corrected chi connectivity index (χ1v) is 8.84. The van der Waals surface area contributed by atoms with E-state index in [-0.39, 0.29) is 17.9 Å². The molecule has 0 aliphatic rings. The minimum absolute atomic E-state index is 0.0192. The van der Waals surface area contributed by atoms with Crippen molar-refractivity contribution in [1.29, 1.82) is 0 Å². The largest absolute Gasteiger partial charge is 0.361 e. The molecule has 2 amide bonds. The van der Waals surface area contributed by atoms with E-state index in [4.69, 9.17) is 0 Å². The van der Waals surface area contributed by atoms with Crippen LogP contribution >= 0.6 is 11.3 Å². The molecule has 25 heavy (non-hydrogen) atoms. The molecule has 2 heterocycles. The molecule has 0 unspecified atom stereocenters. The number of aromatic nitrogens is 2. The van der Waals surface area contributed by atoms with Crippen molar-refractivity contribution in [2.24, 2.45) is 0 Å². The van der Waals surface area contributed by atoms with E-state index in [1.54, 1.807) is 11.8 Å². The lowest BCUT2D eigenvalue weighted by atomic mass is 10.2. The van der Waals surface area contributed by atoms with Gasteiger partial charge in [-0.25, -0.2) is 4.98 Å². The number of hydrogen-bond donors (Lipinski definition) is 2. The van der Waals surface area contributed by atoms with Gasteiger partial charge in [0.25, 0.3) is 5.91 Å². The molecule has 3 rings (SSSR count). The first kappa shape index (κ1) is 17.2. The highest BCUT2D eigenvalue weighted by atomic mass is 32.1. The summed E-state index contributed by atoms with van der Waals surface area (Å²) in [7, 11) is 0. The highest BCUT2D eigenvalue weighted by molar-refractivity contribution is 7.17. The quantitative estimate of drug-likeness (QED) is 0.743. The highest BCUT2D eigenvalue weighted by Gasteiger charge is 2.23. The van der Waals surface area contributed by atoms with Crippen LogP contribution in [0.5, 0.6) is 0 Å². The Bertz CT molecular complexity index is 942. The lowest BCUT2D eigenvalue weighted by Crippen LogP contribution is -2.34. The number of H-pyrrole nitrogens is 1. The molecule has 6 nitrogen and oxygen atoms in total. The first-order valence-electron chi connectivity index (χ1n) is 8.02. The number of nitrogens with one attached hydrogen (secondary N) is 2. The number of thiazole rings is 1. The zero-order valence-electron chi connectivity index (χ0n) is 14.6. The van der Waals surface area contributed by atoms with E-state index in [0.717, 1.165) is 10.9 Å². The number of aromatic amines is 1. The zero-order chi connectivity index (χ0) is 18.1. The summed E-state index contributed by atoms with van der Waals surface area (Å²) in [6.07, 6.45) is 1.86. The van der Waals surface area contributed by atoms with E-state index in [9.17, 15) is 9.59 Å². The molecule has 0 saturated carbocycles. The summed E-state index contributed by atoms with van der Waals surface area (Å²) >= 11 is 1.23. The number of amides is 2. The third kappa shape index (κ3) is 3.41. The summed E-state index contributed by atoms with van der Waals surface area (Å²) in [6, 6.07) is 7.65. The van der Waals surface area contributed by atoms with Crippen molar-refractivity contribution in [3.05, 3.63) is 41.0 Å². The number of anilines is 2. The molecule has 7 heteroatoms. The normalized spacial score (nSPS) is 11.1. The lowest BCUT2D eigenvalue weighted by Gasteiger charge is -2.21. The van der Waals surface area contributed by atoms with Gasteiger partial charge in [-0.3, -0.25) is 14.5 Å². The fourth-order valence-corrected chi connectivity index (χ4v) is 3.87. The molecule has 0 saturated heterocycles. The molecule has 2 N–H and O–H groups in total. The molecule has 0 aliphatic carbocycles. The third-order valence-electron chi connectivity index (χ3n) is 3.87. The maximum Gasteiger partial charge on any atom is 0.267 e. The Morgan fingerprint density at radius 3 is 2.72 bits per heavy atom. The van der Waals surface area contributed by atoms with E-state index in [2.05, 4.69) is 15.3 Å². The number of rotatable bonds is 4. The van der Waals surface area contributed by atoms with Crippen LogP contribution in [-0.2, 0) is 4.79 Å². The third-order valence-corrected chi connectivity index (χ3v) is 5.02. The van der Waals surface area contributed by atoms with Crippen molar-refractivity contribution in [2.75, 3.05) is 10.2 Å². The smallest absolute Gasteiger partial charge is 0.267 e. The van der Waals surface area contributed by atoms with Crippen molar-refractivity contribution in [3.8, 4) is 0 Å². The second-order valence-electron chi connectivity index (χ2n) is 6.13. The van der Waals surface area contributed by atoms with Gasteiger partial charge >= 0.3 is 0 Å². The Morgan fingerprint density at radius 2 is 2.04 bits per heavy atom. The Morgan fingerprint density at radius 1 is 1.28 bits per heavy atom. The topological polar surface area (TPSA) is 78.1 Å². The van der Waals surface area contributed by atoms with Crippen LogP contribution in [0.4, 0.5) is 10.8 Å². The van der Waals surface area contributed by atoms with Crippen molar-refractivity contribution < 1.29 is 9.59 Å². The second kappa shape index (κ2) is 6.68. The highest BCUT2D eigenvalue weighted by Crippen LogP contribution is 2.28. The molecule has 0 aliphatic heterocycles. The van der Waals surface area contributed by atoms with Gasteiger partial charge in [-0.1, -0.05) is 17.4 Å². The van der Waals surface area contributed by atoms with Crippen LogP contribution in [0.3, 0.4) is 0 Å². The number of nitrogens with zero attached hydrogens (tertiary/aromatic N) is 2. The predicted molar refractivity (Wildman–Crippen MR) is 101 cm³/mol. The van der Waals surface area contributed by atoms with Crippen LogP contribution in [0.15, 0.2) is 30.5 Å². The first-order chi connectivity index (χ1) is 11.9. The summed E-state index contributed by atoms with van der Waals surface area (Å²) in [5.41, 5.74) is 2.29. The van der Waals surface area contributed by atoms with E-state index >= 15 is 0 Å². The number of aryl methyl sites for hydroxylation is 1. The van der Waals surface area contributed by atoms with Gasteiger partial charge in [0, 0.05) is 30.4 Å². The van der Waals surface area contributed by atoms with Gasteiger partial charge in [0.2, 0.25) is 5.91 Å². The molecule has 130 valence electrons. The molecule has 2 aromatic heterocycles. The molecular formula is C18H20N4O2S. The summed E-state index contributed by atoms with van der Waals surface area (Å²) in [6.45, 7) is 7.12. The lowest BCUT2D eigenvalue weighted by molar-refractivity contribution is -0.116. The standard InChI is InChI=1S/C18H20N4O2S/c1-10(2)22(12(4)23)18-20-11(3)16(25-18)17(24)21-14-6-5-13-7-8-19-15(13)9-14/h5-10,19H,1-4H3,(H,21,24). The van der Waals surface area contributed by atoms with Gasteiger partial charge in [-0.05, 0) is 44.4 Å². The second-order valence-corrected chi connectivity index (χ2v) is 7.11. The molecule has 1 aromatic carbocycles. The van der Waals surface area contributed by atoms with Gasteiger partial charge in [0.15, 0.2) is 5.13 Å². The number of fused-ring (bicyclic) bond motifs is 1. The minimum Gasteiger partial charge on any atom is -0.361 e. The van der Waals surface area contributed by atoms with Gasteiger partial charge < -0.3 is 10.3 Å². The summed E-state index contributed by atoms with van der Waals surface area (Å²) < 4.78 is 0. The van der Waals surface area contributed by atoms with E-state index < -0.39 is 0 Å². The molecule has 0 fully saturated rings. The molecule has 3 aromatic rings. The van der Waals surface area contributed by atoms with Gasteiger partial charge in [0.1, 0.15) is 4.88 Å². The van der Waals surface area contributed by atoms with Crippen molar-refractivity contribution in [3.63, 3.8) is 0 Å². The molecule has 0 bridgehead atoms. The number of carbonyl (C=O) groups excluding carboxylic acids is 2. The predicted octanol–water partition coefficient (Wildman–Crippen LogP) is 3.95. The Balaban J connectivity index is 1.85. The van der Waals surface area contributed by atoms with Crippen LogP contribution in [-0.4, -0.2) is 27.8 Å². The Labute approximate surface area is 149 Å². The zero-order valence-corrected chi connectivity index (χ0v) is 15.4. The van der Waals surface area contributed by atoms with E-state index in [1.165, 1.54) is 18.3 Å². The summed E-state index contributed by atoms with van der Waals surface area (Å²) in [4.78, 5) is 34.1. The number of carbonyl (C=O) groups is 2. The van der Waals surface area contributed by atoms with Crippen LogP contribution < -0.4 is 10.2 Å². The van der Waals surface area contributed by atoms with Crippen LogP contribution in [0.2, 0.25) is 0 Å². The minimum atomic E-state index is -0.223. The number of hydrogen-bond acceptors (Lipinski definition) is 4. The van der Waals surface area contributed by atoms with Gasteiger partial charge in [-0.15, -0.1) is 0 Å². The average Bonchev–Trinajstić information content (AvgIpc) is 3.12. The Hall–Kier alpha value is -2.67. The van der Waals surface area contributed by atoms with Crippen LogP contribution in [0.25, 0.3) is 10.9 Å². The van der Waals surface area contributed by atoms with E-state index in [1.807, 2.05) is 44.3 Å².